The summed E-state index contributed by atoms with van der Waals surface area (Å²) in [7, 11) is 1.63. The van der Waals surface area contributed by atoms with Crippen LogP contribution < -0.4 is 15.5 Å². The molecule has 0 spiro atoms. The molecule has 1 saturated heterocycles. The molecule has 0 unspecified atom stereocenters. The zero-order valence-electron chi connectivity index (χ0n) is 8.90. The Morgan fingerprint density at radius 1 is 1.40 bits per heavy atom. The first-order valence-electron chi connectivity index (χ1n) is 5.15. The van der Waals surface area contributed by atoms with Crippen molar-refractivity contribution >= 4 is 11.4 Å². The number of hydroxylamine groups is 1. The maximum absolute atomic E-state index is 5.93. The zero-order chi connectivity index (χ0) is 10.7. The van der Waals surface area contributed by atoms with E-state index in [1.165, 1.54) is 0 Å². The predicted molar refractivity (Wildman–Crippen MR) is 59.9 cm³/mol. The number of rotatable bonds is 2. The fourth-order valence-electron chi connectivity index (χ4n) is 1.67. The summed E-state index contributed by atoms with van der Waals surface area (Å²) in [6, 6.07) is 5.64. The maximum atomic E-state index is 5.93. The lowest BCUT2D eigenvalue weighted by atomic mass is 10.2. The van der Waals surface area contributed by atoms with Crippen LogP contribution in [0.25, 0.3) is 0 Å². The van der Waals surface area contributed by atoms with Crippen LogP contribution in [0.1, 0.15) is 12.8 Å². The molecule has 0 atom stereocenters. The summed E-state index contributed by atoms with van der Waals surface area (Å²) in [6.45, 7) is 1.67. The molecule has 1 aromatic carbocycles. The molecular weight excluding hydrogens is 192 g/mol. The highest BCUT2D eigenvalue weighted by atomic mass is 16.7. The van der Waals surface area contributed by atoms with Crippen molar-refractivity contribution in [3.63, 3.8) is 0 Å². The lowest BCUT2D eigenvalue weighted by Crippen LogP contribution is -2.30. The predicted octanol–water partition coefficient (Wildman–Crippen LogP) is 1.81. The van der Waals surface area contributed by atoms with Gasteiger partial charge < -0.3 is 10.5 Å². The van der Waals surface area contributed by atoms with Crippen molar-refractivity contribution in [1.29, 1.82) is 0 Å². The molecule has 2 rings (SSSR count). The fraction of sp³-hybridized carbons (Fsp3) is 0.455. The van der Waals surface area contributed by atoms with Crippen molar-refractivity contribution < 1.29 is 9.57 Å². The molecule has 0 amide bonds. The number of hydrogen-bond donors (Lipinski definition) is 1. The zero-order valence-corrected chi connectivity index (χ0v) is 8.90. The Balaban J connectivity index is 2.19. The van der Waals surface area contributed by atoms with E-state index in [4.69, 9.17) is 15.3 Å². The summed E-state index contributed by atoms with van der Waals surface area (Å²) in [5.74, 6) is 0.772. The van der Waals surface area contributed by atoms with Gasteiger partial charge in [0.25, 0.3) is 0 Å². The van der Waals surface area contributed by atoms with Gasteiger partial charge in [-0.2, -0.15) is 0 Å². The number of nitrogens with zero attached hydrogens (tertiary/aromatic N) is 1. The van der Waals surface area contributed by atoms with Crippen LogP contribution in [0.2, 0.25) is 0 Å². The maximum Gasteiger partial charge on any atom is 0.121 e. The van der Waals surface area contributed by atoms with Crippen LogP contribution >= 0.6 is 0 Å². The quantitative estimate of drug-likeness (QED) is 0.753. The Morgan fingerprint density at radius 2 is 2.27 bits per heavy atom. The van der Waals surface area contributed by atoms with Crippen LogP contribution in [0.3, 0.4) is 0 Å². The van der Waals surface area contributed by atoms with E-state index < -0.39 is 0 Å². The van der Waals surface area contributed by atoms with E-state index in [9.17, 15) is 0 Å². The lowest BCUT2D eigenvalue weighted by Gasteiger charge is -2.28. The van der Waals surface area contributed by atoms with E-state index in [2.05, 4.69) is 0 Å². The lowest BCUT2D eigenvalue weighted by molar-refractivity contribution is 0.0781. The number of nitrogens with two attached hydrogens (primary N) is 1. The molecule has 4 nitrogen and oxygen atoms in total. The third kappa shape index (κ3) is 2.15. The Bertz CT molecular complexity index is 335. The van der Waals surface area contributed by atoms with E-state index in [0.717, 1.165) is 37.4 Å². The molecular formula is C11H16N2O2. The van der Waals surface area contributed by atoms with Gasteiger partial charge in [0, 0.05) is 12.6 Å². The summed E-state index contributed by atoms with van der Waals surface area (Å²) < 4.78 is 5.10. The van der Waals surface area contributed by atoms with Crippen LogP contribution in [0, 0.1) is 0 Å². The van der Waals surface area contributed by atoms with Gasteiger partial charge in [-0.05, 0) is 25.0 Å². The minimum atomic E-state index is 0.691. The SMILES string of the molecule is COc1ccc(N2CCCCO2)c(N)c1. The summed E-state index contributed by atoms with van der Waals surface area (Å²) >= 11 is 0. The van der Waals surface area contributed by atoms with E-state index >= 15 is 0 Å². The van der Waals surface area contributed by atoms with Gasteiger partial charge >= 0.3 is 0 Å². The van der Waals surface area contributed by atoms with Crippen molar-refractivity contribution in [2.45, 2.75) is 12.8 Å². The molecule has 0 radical (unpaired) electrons. The first kappa shape index (κ1) is 10.1. The average molecular weight is 208 g/mol. The molecule has 0 saturated carbocycles. The topological polar surface area (TPSA) is 47.7 Å². The number of anilines is 2. The largest absolute Gasteiger partial charge is 0.497 e. The summed E-state index contributed by atoms with van der Waals surface area (Å²) in [4.78, 5) is 5.53. The molecule has 1 aliphatic rings. The fourth-order valence-corrected chi connectivity index (χ4v) is 1.67. The van der Waals surface area contributed by atoms with Crippen LogP contribution in [0.4, 0.5) is 11.4 Å². The molecule has 82 valence electrons. The average Bonchev–Trinajstić information content (AvgIpc) is 2.30. The highest BCUT2D eigenvalue weighted by Gasteiger charge is 2.14. The molecule has 4 heteroatoms. The van der Waals surface area contributed by atoms with E-state index in [0.29, 0.717) is 5.69 Å². The van der Waals surface area contributed by atoms with Crippen LogP contribution in [0.5, 0.6) is 5.75 Å². The van der Waals surface area contributed by atoms with Gasteiger partial charge in [-0.3, -0.25) is 9.90 Å². The molecule has 2 N–H and O–H groups in total. The minimum Gasteiger partial charge on any atom is -0.497 e. The van der Waals surface area contributed by atoms with E-state index in [-0.39, 0.29) is 0 Å². The van der Waals surface area contributed by atoms with Crippen molar-refractivity contribution in [3.8, 4) is 5.75 Å². The summed E-state index contributed by atoms with van der Waals surface area (Å²) in [6.07, 6.45) is 2.26. The normalized spacial score (nSPS) is 16.5. The number of benzene rings is 1. The minimum absolute atomic E-state index is 0.691. The number of nitrogen functional groups attached to an aromatic ring is 1. The smallest absolute Gasteiger partial charge is 0.121 e. The molecule has 0 aromatic heterocycles. The van der Waals surface area contributed by atoms with E-state index in [1.807, 2.05) is 23.3 Å². The van der Waals surface area contributed by atoms with Crippen molar-refractivity contribution in [2.75, 3.05) is 31.1 Å². The molecule has 15 heavy (non-hydrogen) atoms. The molecule has 1 aromatic rings. The number of ether oxygens (including phenoxy) is 1. The van der Waals surface area contributed by atoms with Gasteiger partial charge in [-0.15, -0.1) is 0 Å². The highest BCUT2D eigenvalue weighted by Crippen LogP contribution is 2.29. The van der Waals surface area contributed by atoms with E-state index in [1.54, 1.807) is 7.11 Å². The number of methoxy groups -OCH3 is 1. The second-order valence-electron chi connectivity index (χ2n) is 3.57. The van der Waals surface area contributed by atoms with Crippen molar-refractivity contribution in [3.05, 3.63) is 18.2 Å². The summed E-state index contributed by atoms with van der Waals surface area (Å²) in [5, 5.41) is 1.86. The Hall–Kier alpha value is -1.42. The third-order valence-electron chi connectivity index (χ3n) is 2.51. The van der Waals surface area contributed by atoms with Crippen LogP contribution in [-0.4, -0.2) is 20.3 Å². The van der Waals surface area contributed by atoms with Crippen molar-refractivity contribution in [2.24, 2.45) is 0 Å². The van der Waals surface area contributed by atoms with Crippen molar-refractivity contribution in [1.82, 2.24) is 0 Å². The van der Waals surface area contributed by atoms with Gasteiger partial charge in [0.2, 0.25) is 0 Å². The molecule has 1 heterocycles. The van der Waals surface area contributed by atoms with Crippen LogP contribution in [-0.2, 0) is 4.84 Å². The van der Waals surface area contributed by atoms with Gasteiger partial charge in [-0.25, -0.2) is 0 Å². The molecule has 1 fully saturated rings. The Morgan fingerprint density at radius 3 is 2.87 bits per heavy atom. The highest BCUT2D eigenvalue weighted by molar-refractivity contribution is 5.68. The third-order valence-corrected chi connectivity index (χ3v) is 2.51. The Labute approximate surface area is 89.5 Å². The summed E-state index contributed by atoms with van der Waals surface area (Å²) in [5.41, 5.74) is 7.54. The monoisotopic (exact) mass is 208 g/mol. The van der Waals surface area contributed by atoms with Gasteiger partial charge in [0.1, 0.15) is 5.75 Å². The second-order valence-corrected chi connectivity index (χ2v) is 3.57. The molecule has 0 bridgehead atoms. The Kier molecular flexibility index (Phi) is 2.97. The standard InChI is InChI=1S/C11H16N2O2/c1-14-9-4-5-11(10(12)8-9)13-6-2-3-7-15-13/h4-5,8H,2-3,6-7,12H2,1H3. The molecule has 0 aliphatic carbocycles. The van der Waals surface area contributed by atoms with Gasteiger partial charge in [0.05, 0.1) is 25.1 Å². The van der Waals surface area contributed by atoms with Gasteiger partial charge in [0.15, 0.2) is 0 Å². The second kappa shape index (κ2) is 4.40. The first-order valence-corrected chi connectivity index (χ1v) is 5.15. The molecule has 1 aliphatic heterocycles. The van der Waals surface area contributed by atoms with Gasteiger partial charge in [-0.1, -0.05) is 0 Å². The number of hydrogen-bond acceptors (Lipinski definition) is 4. The first-order chi connectivity index (χ1) is 7.31. The van der Waals surface area contributed by atoms with Crippen LogP contribution in [0.15, 0.2) is 18.2 Å².